The van der Waals surface area contributed by atoms with Crippen molar-refractivity contribution >= 4 is 11.9 Å². The van der Waals surface area contributed by atoms with Crippen molar-refractivity contribution in [2.75, 3.05) is 26.2 Å². The lowest BCUT2D eigenvalue weighted by atomic mass is 9.67. The minimum absolute atomic E-state index is 0.00553. The van der Waals surface area contributed by atoms with Gasteiger partial charge in [-0.1, -0.05) is 12.1 Å². The molecular formula is C30H36N2O6. The highest BCUT2D eigenvalue weighted by Gasteiger charge is 2.46. The highest BCUT2D eigenvalue weighted by atomic mass is 16.5. The molecule has 38 heavy (non-hydrogen) atoms. The van der Waals surface area contributed by atoms with Crippen molar-refractivity contribution in [3.05, 3.63) is 68.8 Å². The van der Waals surface area contributed by atoms with Crippen molar-refractivity contribution in [1.82, 2.24) is 10.2 Å². The van der Waals surface area contributed by atoms with E-state index in [4.69, 9.17) is 9.47 Å². The van der Waals surface area contributed by atoms with Gasteiger partial charge in [0, 0.05) is 36.3 Å². The van der Waals surface area contributed by atoms with Crippen LogP contribution in [0.2, 0.25) is 0 Å². The highest BCUT2D eigenvalue weighted by molar-refractivity contribution is 5.94. The Kier molecular flexibility index (Phi) is 6.54. The van der Waals surface area contributed by atoms with Crippen LogP contribution in [0, 0.1) is 19.8 Å². The van der Waals surface area contributed by atoms with Gasteiger partial charge in [-0.3, -0.25) is 0 Å². The van der Waals surface area contributed by atoms with Crippen LogP contribution in [-0.4, -0.2) is 58.8 Å². The number of nitrogens with zero attached hydrogens (tertiary/aromatic N) is 1. The van der Waals surface area contributed by atoms with E-state index in [0.717, 1.165) is 65.7 Å². The van der Waals surface area contributed by atoms with E-state index < -0.39 is 12.2 Å². The maximum atomic E-state index is 11.9. The summed E-state index contributed by atoms with van der Waals surface area (Å²) >= 11 is 0. The van der Waals surface area contributed by atoms with E-state index in [1.54, 1.807) is 12.1 Å². The molecule has 1 unspecified atom stereocenters. The predicted molar refractivity (Wildman–Crippen MR) is 140 cm³/mol. The molecule has 1 saturated heterocycles. The molecule has 2 fully saturated rings. The van der Waals surface area contributed by atoms with Crippen LogP contribution in [0.25, 0.3) is 0 Å². The lowest BCUT2D eigenvalue weighted by Crippen LogP contribution is -2.58. The number of carbonyl (C=O) groups is 2. The van der Waals surface area contributed by atoms with Crippen molar-refractivity contribution < 1.29 is 29.3 Å². The number of carbonyl (C=O) groups excluding carboxylic acids is 2. The summed E-state index contributed by atoms with van der Waals surface area (Å²) in [7, 11) is 0. The normalized spacial score (nSPS) is 23.4. The van der Waals surface area contributed by atoms with Crippen molar-refractivity contribution in [3.63, 3.8) is 0 Å². The molecule has 0 amide bonds. The first-order valence-corrected chi connectivity index (χ1v) is 13.7. The first kappa shape index (κ1) is 25.5. The SMILES string of the molecule is Cc1c([C@@H](O)CNC2(C3CCN(C[C@H](O)c4ccc5c(c4C)COC5=O)C3)CCC2)ccc2c1COC2=O. The second-order valence-corrected chi connectivity index (χ2v) is 11.4. The molecule has 2 aromatic rings. The van der Waals surface area contributed by atoms with Crippen LogP contribution in [0.5, 0.6) is 0 Å². The quantitative estimate of drug-likeness (QED) is 0.456. The second kappa shape index (κ2) is 9.75. The Morgan fingerprint density at radius 2 is 1.53 bits per heavy atom. The summed E-state index contributed by atoms with van der Waals surface area (Å²) in [5.74, 6) is -0.123. The van der Waals surface area contributed by atoms with Gasteiger partial charge in [0.15, 0.2) is 0 Å². The molecule has 0 bridgehead atoms. The molecule has 8 nitrogen and oxygen atoms in total. The Bertz CT molecular complexity index is 1290. The minimum atomic E-state index is -0.661. The minimum Gasteiger partial charge on any atom is -0.457 e. The molecule has 4 aliphatic rings. The fraction of sp³-hybridized carbons (Fsp3) is 0.533. The van der Waals surface area contributed by atoms with Crippen LogP contribution in [0.15, 0.2) is 24.3 Å². The van der Waals surface area contributed by atoms with Gasteiger partial charge in [-0.15, -0.1) is 0 Å². The molecule has 3 aliphatic heterocycles. The van der Waals surface area contributed by atoms with Crippen LogP contribution in [-0.2, 0) is 22.7 Å². The molecule has 1 aliphatic carbocycles. The molecule has 1 saturated carbocycles. The molecule has 6 rings (SSSR count). The molecule has 8 heteroatoms. The van der Waals surface area contributed by atoms with E-state index in [0.29, 0.717) is 30.1 Å². The largest absolute Gasteiger partial charge is 0.457 e. The summed E-state index contributed by atoms with van der Waals surface area (Å²) in [4.78, 5) is 26.1. The molecule has 3 atom stereocenters. The number of ether oxygens (including phenoxy) is 2. The van der Waals surface area contributed by atoms with Crippen molar-refractivity contribution in [2.24, 2.45) is 5.92 Å². The zero-order valence-corrected chi connectivity index (χ0v) is 22.1. The summed E-state index contributed by atoms with van der Waals surface area (Å²) in [5.41, 5.74) is 6.57. The smallest absolute Gasteiger partial charge is 0.338 e. The van der Waals surface area contributed by atoms with E-state index in [9.17, 15) is 19.8 Å². The van der Waals surface area contributed by atoms with Gasteiger partial charge in [0.05, 0.1) is 23.3 Å². The number of rotatable bonds is 8. The number of β-amino-alcohol motifs (C(OH)–C–C–N with tert-alkyl or cyclic N) is 2. The Morgan fingerprint density at radius 1 is 0.947 bits per heavy atom. The number of fused-ring (bicyclic) bond motifs is 2. The Labute approximate surface area is 222 Å². The van der Waals surface area contributed by atoms with Gasteiger partial charge < -0.3 is 29.9 Å². The Balaban J connectivity index is 1.08. The molecule has 2 aromatic carbocycles. The van der Waals surface area contributed by atoms with Crippen LogP contribution in [0.4, 0.5) is 0 Å². The summed E-state index contributed by atoms with van der Waals surface area (Å²) in [5, 5.41) is 25.9. The maximum absolute atomic E-state index is 11.9. The van der Waals surface area contributed by atoms with Crippen LogP contribution in [0.1, 0.15) is 92.0 Å². The third kappa shape index (κ3) is 4.24. The first-order chi connectivity index (χ1) is 18.3. The van der Waals surface area contributed by atoms with Gasteiger partial charge >= 0.3 is 11.9 Å². The fourth-order valence-corrected chi connectivity index (χ4v) is 6.95. The molecule has 3 N–H and O–H groups in total. The van der Waals surface area contributed by atoms with Gasteiger partial charge in [0.1, 0.15) is 13.2 Å². The van der Waals surface area contributed by atoms with E-state index >= 15 is 0 Å². The lowest BCUT2D eigenvalue weighted by molar-refractivity contribution is 0.0526. The molecule has 202 valence electrons. The van der Waals surface area contributed by atoms with Crippen LogP contribution in [0.3, 0.4) is 0 Å². The topological polar surface area (TPSA) is 108 Å². The highest BCUT2D eigenvalue weighted by Crippen LogP contribution is 2.43. The number of likely N-dealkylation sites (tertiary alicyclic amines) is 1. The third-order valence-corrected chi connectivity index (χ3v) is 9.51. The van der Waals surface area contributed by atoms with Crippen molar-refractivity contribution in [1.29, 1.82) is 0 Å². The third-order valence-electron chi connectivity index (χ3n) is 9.51. The van der Waals surface area contributed by atoms with Gasteiger partial charge in [0.25, 0.3) is 0 Å². The summed E-state index contributed by atoms with van der Waals surface area (Å²) in [6, 6.07) is 7.25. The molecule has 3 heterocycles. The molecule has 0 spiro atoms. The van der Waals surface area contributed by atoms with Crippen LogP contribution < -0.4 is 5.32 Å². The van der Waals surface area contributed by atoms with Gasteiger partial charge in [0.2, 0.25) is 0 Å². The number of hydrogen-bond donors (Lipinski definition) is 3. The van der Waals surface area contributed by atoms with Crippen molar-refractivity contribution in [3.8, 4) is 0 Å². The van der Waals surface area contributed by atoms with Gasteiger partial charge in [-0.25, -0.2) is 9.59 Å². The van der Waals surface area contributed by atoms with E-state index in [1.807, 2.05) is 26.0 Å². The van der Waals surface area contributed by atoms with Crippen LogP contribution >= 0.6 is 0 Å². The number of aliphatic hydroxyl groups excluding tert-OH is 2. The number of hydrogen-bond acceptors (Lipinski definition) is 8. The molecule has 0 aromatic heterocycles. The number of nitrogens with one attached hydrogen (secondary N) is 1. The monoisotopic (exact) mass is 520 g/mol. The summed E-state index contributed by atoms with van der Waals surface area (Å²) in [6.45, 7) is 7.31. The van der Waals surface area contributed by atoms with E-state index in [1.165, 1.54) is 6.42 Å². The maximum Gasteiger partial charge on any atom is 0.338 e. The fourth-order valence-electron chi connectivity index (χ4n) is 6.95. The lowest BCUT2D eigenvalue weighted by Gasteiger charge is -2.48. The predicted octanol–water partition coefficient (Wildman–Crippen LogP) is 3.25. The average molecular weight is 521 g/mol. The molecule has 0 radical (unpaired) electrons. The Morgan fingerprint density at radius 3 is 2.08 bits per heavy atom. The second-order valence-electron chi connectivity index (χ2n) is 11.4. The number of cyclic esters (lactones) is 2. The van der Waals surface area contributed by atoms with Gasteiger partial charge in [-0.05, 0) is 86.4 Å². The van der Waals surface area contributed by atoms with Gasteiger partial charge in [-0.2, -0.15) is 0 Å². The Hall–Kier alpha value is -2.78. The number of aliphatic hydroxyl groups is 2. The van der Waals surface area contributed by atoms with E-state index in [-0.39, 0.29) is 30.7 Å². The summed E-state index contributed by atoms with van der Waals surface area (Å²) in [6.07, 6.45) is 3.12. The first-order valence-electron chi connectivity index (χ1n) is 13.7. The molecular weight excluding hydrogens is 484 g/mol. The summed E-state index contributed by atoms with van der Waals surface area (Å²) < 4.78 is 10.3. The average Bonchev–Trinajstić information content (AvgIpc) is 3.59. The van der Waals surface area contributed by atoms with Crippen molar-refractivity contribution in [2.45, 2.75) is 70.5 Å². The number of benzene rings is 2. The zero-order valence-electron chi connectivity index (χ0n) is 22.1. The zero-order chi connectivity index (χ0) is 26.6. The number of esters is 2. The van der Waals surface area contributed by atoms with E-state index in [2.05, 4.69) is 10.2 Å². The standard InChI is InChI=1S/C30H36N2O6/c1-17-20(4-6-22-24(17)15-37-28(22)35)26(33)12-31-30(9-3-10-30)19-8-11-32(13-19)14-27(34)21-5-7-23-25(18(21)2)16-38-29(23)36/h4-7,19,26-27,31,33-34H,3,8-16H2,1-2H3/t19?,26-,27-/m0/s1.